The van der Waals surface area contributed by atoms with Crippen LogP contribution in [0.5, 0.6) is 0 Å². The molecule has 37 heavy (non-hydrogen) atoms. The molecule has 0 spiro atoms. The van der Waals surface area contributed by atoms with E-state index in [1.807, 2.05) is 6.07 Å². The maximum atomic E-state index is 12.7. The van der Waals surface area contributed by atoms with Crippen LogP contribution in [0.25, 0.3) is 0 Å². The van der Waals surface area contributed by atoms with Gasteiger partial charge in [-0.1, -0.05) is 19.4 Å². The van der Waals surface area contributed by atoms with Crippen LogP contribution in [0.15, 0.2) is 39.3 Å². The minimum atomic E-state index is -0.747. The molecule has 8 nitrogen and oxygen atoms in total. The number of carbonyl (C=O) groups is 2. The minimum absolute atomic E-state index is 0.00841. The largest absolute Gasteiger partial charge is 0.442 e. The molecule has 5 aliphatic rings. The summed E-state index contributed by atoms with van der Waals surface area (Å²) in [7, 11) is 0. The average Bonchev–Trinajstić information content (AvgIpc) is 3.16. The zero-order chi connectivity index (χ0) is 26.0. The zero-order valence-corrected chi connectivity index (χ0v) is 21.8. The fraction of sp³-hybridized carbons (Fsp3) is 0.690. The number of fused-ring (bicyclic) bond motifs is 5. The van der Waals surface area contributed by atoms with Crippen LogP contribution in [0.1, 0.15) is 76.7 Å². The molecule has 0 radical (unpaired) electrons. The van der Waals surface area contributed by atoms with Gasteiger partial charge in [-0.05, 0) is 92.2 Å². The Morgan fingerprint density at radius 3 is 2.70 bits per heavy atom. The summed E-state index contributed by atoms with van der Waals surface area (Å²) in [6, 6.07) is 3.37. The molecule has 1 aromatic heterocycles. The summed E-state index contributed by atoms with van der Waals surface area (Å²) in [5.41, 5.74) is 1.04. The third kappa shape index (κ3) is 3.77. The van der Waals surface area contributed by atoms with E-state index in [1.165, 1.54) is 16.5 Å². The lowest BCUT2D eigenvalue weighted by Gasteiger charge is -2.61. The number of nitrogens with one attached hydrogen (secondary N) is 1. The van der Waals surface area contributed by atoms with Crippen LogP contribution in [0.2, 0.25) is 0 Å². The minimum Gasteiger partial charge on any atom is -0.442 e. The lowest BCUT2D eigenvalue weighted by Crippen LogP contribution is -2.60. The van der Waals surface area contributed by atoms with Gasteiger partial charge in [-0.3, -0.25) is 9.69 Å². The molecule has 3 saturated carbocycles. The van der Waals surface area contributed by atoms with E-state index in [0.717, 1.165) is 56.9 Å². The Morgan fingerprint density at radius 1 is 1.11 bits per heavy atom. The van der Waals surface area contributed by atoms with Crippen LogP contribution in [-0.2, 0) is 9.53 Å². The van der Waals surface area contributed by atoms with E-state index in [2.05, 4.69) is 25.2 Å². The molecule has 1 aromatic rings. The van der Waals surface area contributed by atoms with E-state index in [4.69, 9.17) is 9.15 Å². The number of piperazine rings is 1. The topological polar surface area (TPSA) is 109 Å². The molecule has 1 saturated heterocycles. The van der Waals surface area contributed by atoms with Crippen molar-refractivity contribution in [1.82, 2.24) is 10.2 Å². The number of aliphatic hydroxyl groups is 1. The van der Waals surface area contributed by atoms with Crippen LogP contribution >= 0.6 is 0 Å². The van der Waals surface area contributed by atoms with Crippen molar-refractivity contribution >= 4 is 12.0 Å². The molecule has 1 aliphatic heterocycles. The first-order chi connectivity index (χ1) is 17.6. The van der Waals surface area contributed by atoms with Gasteiger partial charge in [0.2, 0.25) is 5.91 Å². The summed E-state index contributed by atoms with van der Waals surface area (Å²) in [6.45, 7) is 5.59. The van der Waals surface area contributed by atoms with Gasteiger partial charge in [0.1, 0.15) is 12.6 Å². The Balaban J connectivity index is 1.20. The number of ether oxygens (including phenoxy) is 1. The SMILES string of the molecule is C[C@]12CC[C@H](OC(=O)N3CCNC(=O)C3)C=C1CC[C@@H]1[C@@H]2CC[C@]2(C)[C@@H](c3ccc(=O)oc3)CC[C@]12O. The number of amides is 2. The highest BCUT2D eigenvalue weighted by molar-refractivity contribution is 5.83. The van der Waals surface area contributed by atoms with Crippen molar-refractivity contribution in [3.63, 3.8) is 0 Å². The number of hydrogen-bond acceptors (Lipinski definition) is 6. The molecule has 4 aliphatic carbocycles. The maximum absolute atomic E-state index is 12.7. The summed E-state index contributed by atoms with van der Waals surface area (Å²) in [5.74, 6) is 0.643. The van der Waals surface area contributed by atoms with E-state index in [0.29, 0.717) is 19.0 Å². The maximum Gasteiger partial charge on any atom is 0.410 e. The van der Waals surface area contributed by atoms with Crippen LogP contribution in [0.3, 0.4) is 0 Å². The van der Waals surface area contributed by atoms with Crippen LogP contribution < -0.4 is 10.9 Å². The number of allylic oxidation sites excluding steroid dienone is 1. The van der Waals surface area contributed by atoms with E-state index in [1.54, 1.807) is 6.26 Å². The molecule has 4 fully saturated rings. The number of carbonyl (C=O) groups excluding carboxylic acids is 2. The normalized spacial score (nSPS) is 41.1. The Hall–Kier alpha value is -2.61. The van der Waals surface area contributed by atoms with E-state index in [9.17, 15) is 19.5 Å². The van der Waals surface area contributed by atoms with Crippen molar-refractivity contribution in [3.8, 4) is 0 Å². The second kappa shape index (κ2) is 8.72. The molecule has 2 N–H and O–H groups in total. The third-order valence-electron chi connectivity index (χ3n) is 10.9. The highest BCUT2D eigenvalue weighted by Crippen LogP contribution is 2.70. The summed E-state index contributed by atoms with van der Waals surface area (Å²) in [4.78, 5) is 37.4. The predicted octanol–water partition coefficient (Wildman–Crippen LogP) is 3.74. The summed E-state index contributed by atoms with van der Waals surface area (Å²) in [5, 5.41) is 15.1. The number of rotatable bonds is 2. The second-order valence-corrected chi connectivity index (χ2v) is 12.5. The monoisotopic (exact) mass is 510 g/mol. The van der Waals surface area contributed by atoms with Crippen molar-refractivity contribution in [3.05, 3.63) is 46.0 Å². The van der Waals surface area contributed by atoms with Crippen molar-refractivity contribution in [1.29, 1.82) is 0 Å². The van der Waals surface area contributed by atoms with Gasteiger partial charge in [0, 0.05) is 24.6 Å². The molecule has 8 heteroatoms. The first-order valence-electron chi connectivity index (χ1n) is 13.9. The predicted molar refractivity (Wildman–Crippen MR) is 136 cm³/mol. The van der Waals surface area contributed by atoms with Gasteiger partial charge in [-0.25, -0.2) is 9.59 Å². The first-order valence-corrected chi connectivity index (χ1v) is 13.9. The smallest absolute Gasteiger partial charge is 0.410 e. The number of hydrogen-bond donors (Lipinski definition) is 2. The van der Waals surface area contributed by atoms with Crippen LogP contribution in [0, 0.1) is 22.7 Å². The molecule has 200 valence electrons. The van der Waals surface area contributed by atoms with Gasteiger partial charge in [0.25, 0.3) is 0 Å². The van der Waals surface area contributed by atoms with Crippen molar-refractivity contribution < 1.29 is 23.8 Å². The van der Waals surface area contributed by atoms with E-state index >= 15 is 0 Å². The fourth-order valence-electron chi connectivity index (χ4n) is 8.86. The van der Waals surface area contributed by atoms with Crippen LogP contribution in [0.4, 0.5) is 4.79 Å². The summed E-state index contributed by atoms with van der Waals surface area (Å²) >= 11 is 0. The lowest BCUT2D eigenvalue weighted by atomic mass is 9.45. The number of nitrogens with zero attached hydrogens (tertiary/aromatic N) is 1. The molecule has 0 aromatic carbocycles. The standard InChI is InChI=1S/C29H38N2O6/c1-27-10-7-20(37-26(34)31-14-13-30-24(32)16-31)15-19(27)4-5-23-22(27)8-11-28(2)21(9-12-29(23,28)35)18-3-6-25(33)36-17-18/h3,6,15,17,20-23,35H,4-5,7-14,16H2,1-2H3,(H,30,32)/t20-,21+,22-,23+,27-,28+,29-/m0/s1. The molecule has 7 atom stereocenters. The molecule has 0 unspecified atom stereocenters. The molecular formula is C29H38N2O6. The quantitative estimate of drug-likeness (QED) is 0.587. The molecule has 2 amide bonds. The lowest BCUT2D eigenvalue weighted by molar-refractivity contribution is -0.178. The Bertz CT molecular complexity index is 1170. The van der Waals surface area contributed by atoms with Gasteiger partial charge in [0.05, 0.1) is 11.9 Å². The third-order valence-corrected chi connectivity index (χ3v) is 10.9. The fourth-order valence-corrected chi connectivity index (χ4v) is 8.86. The van der Waals surface area contributed by atoms with Crippen LogP contribution in [-0.4, -0.2) is 53.3 Å². The van der Waals surface area contributed by atoms with Gasteiger partial charge in [-0.2, -0.15) is 0 Å². The molecule has 0 bridgehead atoms. The average molecular weight is 511 g/mol. The highest BCUT2D eigenvalue weighted by Gasteiger charge is 2.66. The van der Waals surface area contributed by atoms with Gasteiger partial charge in [0.15, 0.2) is 0 Å². The Kier molecular flexibility index (Phi) is 5.82. The summed E-state index contributed by atoms with van der Waals surface area (Å²) < 4.78 is 11.0. The van der Waals surface area contributed by atoms with Gasteiger partial charge in [-0.15, -0.1) is 0 Å². The Morgan fingerprint density at radius 2 is 1.95 bits per heavy atom. The zero-order valence-electron chi connectivity index (χ0n) is 21.8. The van der Waals surface area contributed by atoms with Gasteiger partial charge >= 0.3 is 11.7 Å². The molecule has 2 heterocycles. The highest BCUT2D eigenvalue weighted by atomic mass is 16.6. The first kappa shape index (κ1) is 24.7. The van der Waals surface area contributed by atoms with E-state index < -0.39 is 11.7 Å². The van der Waals surface area contributed by atoms with E-state index in [-0.39, 0.29) is 46.8 Å². The molecule has 6 rings (SSSR count). The molecular weight excluding hydrogens is 472 g/mol. The second-order valence-electron chi connectivity index (χ2n) is 12.5. The van der Waals surface area contributed by atoms with Crippen molar-refractivity contribution in [2.24, 2.45) is 22.7 Å². The Labute approximate surface area is 217 Å². The van der Waals surface area contributed by atoms with Gasteiger partial charge < -0.3 is 19.6 Å². The van der Waals surface area contributed by atoms with Crippen molar-refractivity contribution in [2.75, 3.05) is 19.6 Å². The summed E-state index contributed by atoms with van der Waals surface area (Å²) in [6.07, 6.45) is 10.3. The van der Waals surface area contributed by atoms with Crippen molar-refractivity contribution in [2.45, 2.75) is 82.8 Å².